The molecule has 7 heteroatoms. The van der Waals surface area contributed by atoms with Gasteiger partial charge in [0.2, 0.25) is 11.9 Å². The van der Waals surface area contributed by atoms with Crippen molar-refractivity contribution in [2.24, 2.45) is 0 Å². The Morgan fingerprint density at radius 2 is 1.87 bits per heavy atom. The van der Waals surface area contributed by atoms with Crippen molar-refractivity contribution in [3.8, 4) is 0 Å². The summed E-state index contributed by atoms with van der Waals surface area (Å²) >= 11 is 0. The molecule has 2 saturated heterocycles. The fraction of sp³-hybridized carbons (Fsp3) is 0.688. The number of hydrogen-bond acceptors (Lipinski definition) is 6. The molecular formula is C16H24N4O3. The van der Waals surface area contributed by atoms with Crippen molar-refractivity contribution in [1.82, 2.24) is 15.3 Å². The Bertz CT molecular complexity index is 587. The first-order valence-electron chi connectivity index (χ1n) is 7.95. The second-order valence-electron chi connectivity index (χ2n) is 7.17. The van der Waals surface area contributed by atoms with Gasteiger partial charge >= 0.3 is 0 Å². The van der Waals surface area contributed by atoms with Gasteiger partial charge in [-0.05, 0) is 6.07 Å². The van der Waals surface area contributed by atoms with Crippen LogP contribution in [-0.4, -0.2) is 53.4 Å². The molecule has 0 unspecified atom stereocenters. The van der Waals surface area contributed by atoms with Gasteiger partial charge in [0.1, 0.15) is 12.2 Å². The van der Waals surface area contributed by atoms with Crippen molar-refractivity contribution in [1.29, 1.82) is 0 Å². The molecule has 2 N–H and O–H groups in total. The van der Waals surface area contributed by atoms with Crippen LogP contribution in [0, 0.1) is 0 Å². The average molecular weight is 320 g/mol. The minimum atomic E-state index is -0.123. The summed E-state index contributed by atoms with van der Waals surface area (Å²) in [6.45, 7) is 8.83. The highest BCUT2D eigenvalue weighted by Gasteiger charge is 2.48. The quantitative estimate of drug-likeness (QED) is 0.859. The van der Waals surface area contributed by atoms with Crippen LogP contribution < -0.4 is 10.6 Å². The fourth-order valence-electron chi connectivity index (χ4n) is 3.02. The van der Waals surface area contributed by atoms with Crippen LogP contribution in [-0.2, 0) is 19.7 Å². The van der Waals surface area contributed by atoms with Crippen molar-refractivity contribution in [3.05, 3.63) is 18.0 Å². The van der Waals surface area contributed by atoms with Crippen LogP contribution in [0.15, 0.2) is 12.3 Å². The summed E-state index contributed by atoms with van der Waals surface area (Å²) in [6, 6.07) is 1.82. The van der Waals surface area contributed by atoms with Crippen LogP contribution in [0.25, 0.3) is 0 Å². The van der Waals surface area contributed by atoms with Crippen molar-refractivity contribution in [3.63, 3.8) is 0 Å². The summed E-state index contributed by atoms with van der Waals surface area (Å²) in [6.07, 6.45) is 1.54. The normalized spacial score (nSPS) is 30.1. The van der Waals surface area contributed by atoms with Gasteiger partial charge in [0.25, 0.3) is 0 Å². The molecule has 126 valence electrons. The second kappa shape index (κ2) is 6.05. The Hall–Kier alpha value is -1.73. The van der Waals surface area contributed by atoms with Crippen LogP contribution in [0.3, 0.4) is 0 Å². The topological polar surface area (TPSA) is 85.4 Å². The maximum atomic E-state index is 11.2. The minimum Gasteiger partial charge on any atom is -0.371 e. The number of amides is 1. The number of anilines is 1. The molecule has 3 rings (SSSR count). The van der Waals surface area contributed by atoms with Gasteiger partial charge in [-0.15, -0.1) is 0 Å². The lowest BCUT2D eigenvalue weighted by molar-refractivity contribution is -0.120. The summed E-state index contributed by atoms with van der Waals surface area (Å²) in [7, 11) is 0. The number of nitrogens with one attached hydrogen (secondary N) is 2. The number of rotatable bonds is 3. The SMILES string of the molecule is CC(=O)N[C@@H]1CO[C@@H]2[C@@H]1OC[C@@H]2Nc1nccc(C(C)(C)C)n1. The molecule has 0 aromatic carbocycles. The van der Waals surface area contributed by atoms with Crippen LogP contribution in [0.2, 0.25) is 0 Å². The van der Waals surface area contributed by atoms with E-state index in [-0.39, 0.29) is 35.6 Å². The van der Waals surface area contributed by atoms with Crippen molar-refractivity contribution in [2.45, 2.75) is 57.4 Å². The number of fused-ring (bicyclic) bond motifs is 1. The summed E-state index contributed by atoms with van der Waals surface area (Å²) in [4.78, 5) is 20.1. The smallest absolute Gasteiger partial charge is 0.223 e. The van der Waals surface area contributed by atoms with Crippen molar-refractivity contribution in [2.75, 3.05) is 18.5 Å². The Morgan fingerprint density at radius 1 is 1.22 bits per heavy atom. The van der Waals surface area contributed by atoms with Crippen LogP contribution >= 0.6 is 0 Å². The molecule has 1 amide bonds. The Balaban J connectivity index is 1.67. The minimum absolute atomic E-state index is 0.0195. The van der Waals surface area contributed by atoms with Crippen molar-refractivity contribution >= 4 is 11.9 Å². The molecule has 0 saturated carbocycles. The van der Waals surface area contributed by atoms with Crippen LogP contribution in [0.1, 0.15) is 33.4 Å². The molecule has 0 aliphatic carbocycles. The van der Waals surface area contributed by atoms with E-state index in [2.05, 4.69) is 41.4 Å². The molecule has 2 aliphatic heterocycles. The molecule has 2 aliphatic rings. The van der Waals surface area contributed by atoms with Gasteiger partial charge in [0.15, 0.2) is 0 Å². The van der Waals surface area contributed by atoms with Gasteiger partial charge < -0.3 is 20.1 Å². The van der Waals surface area contributed by atoms with E-state index in [0.717, 1.165) is 5.69 Å². The Morgan fingerprint density at radius 3 is 2.52 bits per heavy atom. The van der Waals surface area contributed by atoms with Crippen LogP contribution in [0.5, 0.6) is 0 Å². The number of aromatic nitrogens is 2. The Labute approximate surface area is 136 Å². The van der Waals surface area contributed by atoms with Gasteiger partial charge in [-0.1, -0.05) is 20.8 Å². The van der Waals surface area contributed by atoms with Gasteiger partial charge in [-0.3, -0.25) is 4.79 Å². The first-order valence-corrected chi connectivity index (χ1v) is 7.95. The lowest BCUT2D eigenvalue weighted by atomic mass is 9.92. The molecule has 2 fully saturated rings. The van der Waals surface area contributed by atoms with E-state index in [1.807, 2.05) is 6.07 Å². The first kappa shape index (κ1) is 16.1. The number of ether oxygens (including phenoxy) is 2. The fourth-order valence-corrected chi connectivity index (χ4v) is 3.02. The van der Waals surface area contributed by atoms with Gasteiger partial charge in [-0.25, -0.2) is 9.97 Å². The molecule has 3 heterocycles. The number of nitrogens with zero attached hydrogens (tertiary/aromatic N) is 2. The standard InChI is InChI=1S/C16H24N4O3/c1-9(21)18-10-7-22-14-11(8-23-13(10)14)19-15-17-6-5-12(20-15)16(2,3)4/h5-6,10-11,13-14H,7-8H2,1-4H3,(H,18,21)(H,17,19,20)/t10-,11+,13-,14+/m1/s1. The summed E-state index contributed by atoms with van der Waals surface area (Å²) in [5, 5.41) is 6.19. The predicted molar refractivity (Wildman–Crippen MR) is 85.2 cm³/mol. The van der Waals surface area contributed by atoms with Crippen LogP contribution in [0.4, 0.5) is 5.95 Å². The van der Waals surface area contributed by atoms with E-state index in [0.29, 0.717) is 19.2 Å². The Kier molecular flexibility index (Phi) is 4.25. The average Bonchev–Trinajstić information content (AvgIpc) is 3.02. The predicted octanol–water partition coefficient (Wildman–Crippen LogP) is 0.857. The van der Waals surface area contributed by atoms with E-state index >= 15 is 0 Å². The zero-order valence-corrected chi connectivity index (χ0v) is 14.0. The lowest BCUT2D eigenvalue weighted by Gasteiger charge is -2.21. The van der Waals surface area contributed by atoms with E-state index < -0.39 is 0 Å². The molecule has 1 aromatic heterocycles. The maximum Gasteiger partial charge on any atom is 0.223 e. The molecule has 0 radical (unpaired) electrons. The first-order chi connectivity index (χ1) is 10.8. The molecule has 1 aromatic rings. The molecular weight excluding hydrogens is 296 g/mol. The van der Waals surface area contributed by atoms with E-state index in [1.165, 1.54) is 6.92 Å². The zero-order valence-electron chi connectivity index (χ0n) is 14.0. The molecule has 0 bridgehead atoms. The second-order valence-corrected chi connectivity index (χ2v) is 7.17. The van der Waals surface area contributed by atoms with E-state index in [4.69, 9.17) is 9.47 Å². The highest BCUT2D eigenvalue weighted by Crippen LogP contribution is 2.29. The third-order valence-corrected chi connectivity index (χ3v) is 4.18. The molecule has 23 heavy (non-hydrogen) atoms. The largest absolute Gasteiger partial charge is 0.371 e. The summed E-state index contributed by atoms with van der Waals surface area (Å²) in [5.41, 5.74) is 0.947. The molecule has 7 nitrogen and oxygen atoms in total. The highest BCUT2D eigenvalue weighted by molar-refractivity contribution is 5.73. The van der Waals surface area contributed by atoms with Crippen molar-refractivity contribution < 1.29 is 14.3 Å². The lowest BCUT2D eigenvalue weighted by Crippen LogP contribution is -2.44. The zero-order chi connectivity index (χ0) is 16.6. The highest BCUT2D eigenvalue weighted by atomic mass is 16.6. The monoisotopic (exact) mass is 320 g/mol. The number of hydrogen-bond donors (Lipinski definition) is 2. The number of carbonyl (C=O) groups is 1. The summed E-state index contributed by atoms with van der Waals surface area (Å²) < 4.78 is 11.6. The molecule has 4 atom stereocenters. The third-order valence-electron chi connectivity index (χ3n) is 4.18. The van der Waals surface area contributed by atoms with Gasteiger partial charge in [0.05, 0.1) is 31.0 Å². The third kappa shape index (κ3) is 3.45. The van der Waals surface area contributed by atoms with Gasteiger partial charge in [-0.2, -0.15) is 0 Å². The summed E-state index contributed by atoms with van der Waals surface area (Å²) in [5.74, 6) is 0.513. The number of carbonyl (C=O) groups excluding carboxylic acids is 1. The van der Waals surface area contributed by atoms with Gasteiger partial charge in [0, 0.05) is 18.5 Å². The maximum absolute atomic E-state index is 11.2. The van der Waals surface area contributed by atoms with E-state index in [9.17, 15) is 4.79 Å². The van der Waals surface area contributed by atoms with E-state index in [1.54, 1.807) is 6.20 Å². The molecule has 0 spiro atoms.